The summed E-state index contributed by atoms with van der Waals surface area (Å²) in [6.07, 6.45) is 5.30. The summed E-state index contributed by atoms with van der Waals surface area (Å²) in [6, 6.07) is 9.61. The number of carbonyl (C=O) groups excluding carboxylic acids is 1. The monoisotopic (exact) mass is 552 g/mol. The Labute approximate surface area is 232 Å². The van der Waals surface area contributed by atoms with Crippen LogP contribution in [0.3, 0.4) is 0 Å². The first-order valence-electron chi connectivity index (χ1n) is 8.56. The molecule has 0 heterocycles. The number of nitrogens with one attached hydrogen (secondary N) is 1. The number of hydrogen-bond acceptors (Lipinski definition) is 7. The van der Waals surface area contributed by atoms with Crippen LogP contribution in [0.15, 0.2) is 81.3 Å². The summed E-state index contributed by atoms with van der Waals surface area (Å²) < 4.78 is 31.7. The maximum absolute atomic E-state index is 12.1. The van der Waals surface area contributed by atoms with Crippen molar-refractivity contribution in [1.29, 1.82) is 0 Å². The van der Waals surface area contributed by atoms with Gasteiger partial charge in [0.1, 0.15) is 0 Å². The smallest absolute Gasteiger partial charge is 0.478 e. The topological polar surface area (TPSA) is 177 Å². The Kier molecular flexibility index (Phi) is 12.8. The van der Waals surface area contributed by atoms with Crippen molar-refractivity contribution in [2.45, 2.75) is 4.90 Å². The van der Waals surface area contributed by atoms with E-state index in [2.05, 4.69) is 15.5 Å². The van der Waals surface area contributed by atoms with Crippen molar-refractivity contribution in [3.8, 4) is 0 Å². The van der Waals surface area contributed by atoms with Crippen LogP contribution in [0, 0.1) is 0 Å². The van der Waals surface area contributed by atoms with Gasteiger partial charge in [0.2, 0.25) is 0 Å². The van der Waals surface area contributed by atoms with Gasteiger partial charge in [-0.3, -0.25) is 19.8 Å². The van der Waals surface area contributed by atoms with Crippen molar-refractivity contribution in [3.05, 3.63) is 76.9 Å². The molecule has 1 aliphatic carbocycles. The molecule has 0 aliphatic heterocycles. The Hall–Kier alpha value is -2.11. The number of aromatic carboxylic acids is 1. The molecule has 0 spiro atoms. The number of anilines is 1. The van der Waals surface area contributed by atoms with Crippen LogP contribution in [-0.2, 0) is 32.3 Å². The van der Waals surface area contributed by atoms with Crippen molar-refractivity contribution < 1.29 is 80.1 Å². The van der Waals surface area contributed by atoms with Crippen LogP contribution in [0.2, 0.25) is 5.02 Å². The van der Waals surface area contributed by atoms with Crippen LogP contribution in [0.25, 0.3) is 0 Å². The van der Waals surface area contributed by atoms with Gasteiger partial charge in [0, 0.05) is 29.1 Å². The molecule has 2 aromatic carbocycles. The van der Waals surface area contributed by atoms with Gasteiger partial charge in [-0.25, -0.2) is 4.79 Å². The second kappa shape index (κ2) is 13.7. The van der Waals surface area contributed by atoms with Crippen LogP contribution < -0.4 is 35.0 Å². The third kappa shape index (κ3) is 8.28. The molecule has 10 nitrogen and oxygen atoms in total. The summed E-state index contributed by atoms with van der Waals surface area (Å²) in [5.41, 5.74) is 3.32. The summed E-state index contributed by atoms with van der Waals surface area (Å²) in [5, 5.41) is 13.4. The predicted molar refractivity (Wildman–Crippen MR) is 120 cm³/mol. The predicted octanol–water partition coefficient (Wildman–Crippen LogP) is -0.303. The molecule has 0 saturated carbocycles. The second-order valence-corrected chi connectivity index (χ2v) is 7.97. The van der Waals surface area contributed by atoms with E-state index in [1.54, 1.807) is 12.1 Å². The third-order valence-electron chi connectivity index (χ3n) is 4.01. The standard InChI is InChI=1S/C20H14ClN3O6S.Cr.Na.H2O/c21-16-7-6-14(31(28,29)30)10-18(16)24-23-13-5-8-19(25)12(9-13)11-22-17-4-2-1-3-15(17)20(26)27;;;/h1-11,24H,(H,26,27)(H,28,29,30);;;1H2/q;;+1;/b22-11?,23-13-;;;. The first kappa shape index (κ1) is 31.9. The Morgan fingerprint density at radius 1 is 1.12 bits per heavy atom. The van der Waals surface area contributed by atoms with Crippen molar-refractivity contribution in [2.24, 2.45) is 10.1 Å². The largest absolute Gasteiger partial charge is 1.00 e. The molecule has 2 aromatic rings. The van der Waals surface area contributed by atoms with Gasteiger partial charge >= 0.3 is 35.5 Å². The quantitative estimate of drug-likeness (QED) is 0.145. The number of halogens is 1. The number of para-hydroxylation sites is 1. The van der Waals surface area contributed by atoms with E-state index in [4.69, 9.17) is 16.2 Å². The zero-order valence-corrected chi connectivity index (χ0v) is 22.3. The number of nitrogens with zero attached hydrogens (tertiary/aromatic N) is 2. The molecule has 172 valence electrons. The zero-order valence-electron chi connectivity index (χ0n) is 17.5. The molecular formula is C20H16ClCrN3NaO7S+. The number of hydrogen-bond donors (Lipinski definition) is 3. The van der Waals surface area contributed by atoms with E-state index < -0.39 is 16.1 Å². The number of carboxylic acid groups (broad SMARTS) is 1. The average molecular weight is 553 g/mol. The second-order valence-electron chi connectivity index (χ2n) is 6.14. The van der Waals surface area contributed by atoms with Gasteiger partial charge in [-0.15, -0.1) is 0 Å². The molecule has 0 unspecified atom stereocenters. The Bertz CT molecular complexity index is 1310. The van der Waals surface area contributed by atoms with Crippen molar-refractivity contribution >= 4 is 56.8 Å². The molecule has 0 radical (unpaired) electrons. The molecule has 34 heavy (non-hydrogen) atoms. The molecule has 0 fully saturated rings. The molecule has 3 rings (SSSR count). The van der Waals surface area contributed by atoms with E-state index in [1.165, 1.54) is 42.6 Å². The number of aliphatic imine (C=N–C) groups is 1. The van der Waals surface area contributed by atoms with Crippen LogP contribution in [0.5, 0.6) is 0 Å². The molecule has 0 atom stereocenters. The van der Waals surface area contributed by atoms with Crippen LogP contribution >= 0.6 is 11.6 Å². The summed E-state index contributed by atoms with van der Waals surface area (Å²) in [6.45, 7) is 0. The van der Waals surface area contributed by atoms with Gasteiger partial charge in [0.15, 0.2) is 5.78 Å². The average Bonchev–Trinajstić information content (AvgIpc) is 2.72. The third-order valence-corrected chi connectivity index (χ3v) is 5.19. The van der Waals surface area contributed by atoms with Crippen LogP contribution in [-0.4, -0.2) is 47.2 Å². The molecule has 0 saturated heterocycles. The molecule has 1 aliphatic rings. The molecule has 14 heteroatoms. The fourth-order valence-electron chi connectivity index (χ4n) is 2.49. The fraction of sp³-hybridized carbons (Fsp3) is 0. The fourth-order valence-corrected chi connectivity index (χ4v) is 3.15. The summed E-state index contributed by atoms with van der Waals surface area (Å²) in [4.78, 5) is 27.1. The minimum atomic E-state index is -4.42. The van der Waals surface area contributed by atoms with Crippen molar-refractivity contribution in [2.75, 3.05) is 5.43 Å². The summed E-state index contributed by atoms with van der Waals surface area (Å²) in [5.74, 6) is -1.51. The van der Waals surface area contributed by atoms with Gasteiger partial charge in [-0.1, -0.05) is 23.7 Å². The molecular weight excluding hydrogens is 537 g/mol. The van der Waals surface area contributed by atoms with Crippen LogP contribution in [0.1, 0.15) is 10.4 Å². The van der Waals surface area contributed by atoms with Crippen LogP contribution in [0.4, 0.5) is 11.4 Å². The van der Waals surface area contributed by atoms with Crippen molar-refractivity contribution in [1.82, 2.24) is 0 Å². The maximum Gasteiger partial charge on any atom is 1.00 e. The van der Waals surface area contributed by atoms with E-state index in [0.717, 1.165) is 12.1 Å². The summed E-state index contributed by atoms with van der Waals surface area (Å²) >= 11 is 6.01. The van der Waals surface area contributed by atoms with Crippen molar-refractivity contribution in [3.63, 3.8) is 0 Å². The number of rotatable bonds is 6. The number of benzene rings is 2. The van der Waals surface area contributed by atoms with E-state index >= 15 is 0 Å². The van der Waals surface area contributed by atoms with Gasteiger partial charge in [-0.2, -0.15) is 13.5 Å². The van der Waals surface area contributed by atoms with Gasteiger partial charge < -0.3 is 10.6 Å². The SMILES string of the molecule is O.O=C1C=C/C(=N/Nc2cc(S(=O)(=O)O)ccc2Cl)C=C1C=Nc1ccccc1C(=O)O.[Cr].[Na+]. The number of allylic oxidation sites excluding steroid dienone is 4. The van der Waals surface area contributed by atoms with Gasteiger partial charge in [0.25, 0.3) is 10.1 Å². The summed E-state index contributed by atoms with van der Waals surface area (Å²) in [7, 11) is -4.42. The molecule has 5 N–H and O–H groups in total. The van der Waals surface area contributed by atoms with E-state index in [-0.39, 0.29) is 90.6 Å². The zero-order chi connectivity index (χ0) is 22.6. The first-order valence-corrected chi connectivity index (χ1v) is 10.4. The van der Waals surface area contributed by atoms with E-state index in [9.17, 15) is 23.1 Å². The molecule has 0 aromatic heterocycles. The Morgan fingerprint density at radius 3 is 2.44 bits per heavy atom. The Morgan fingerprint density at radius 2 is 1.79 bits per heavy atom. The maximum atomic E-state index is 12.1. The molecule has 0 amide bonds. The number of carboxylic acids is 1. The first-order chi connectivity index (χ1) is 14.6. The van der Waals surface area contributed by atoms with Gasteiger partial charge in [-0.05, 0) is 48.6 Å². The minimum Gasteiger partial charge on any atom is -0.478 e. The number of hydrazone groups is 1. The minimum absolute atomic E-state index is 0. The normalized spacial score (nSPS) is 14.0. The van der Waals surface area contributed by atoms with E-state index in [1.807, 2.05) is 0 Å². The molecule has 0 bridgehead atoms. The van der Waals surface area contributed by atoms with Gasteiger partial charge in [0.05, 0.1) is 32.6 Å². The number of ketones is 1. The van der Waals surface area contributed by atoms with E-state index in [0.29, 0.717) is 5.71 Å². The number of carbonyl (C=O) groups is 2. The Balaban J connectivity index is 0.00000363.